The maximum atomic E-state index is 11.2. The average molecular weight is 229 g/mol. The standard InChI is InChI=1S/C13H15N3O/c1-3-4-12-14-7-8-16(12)13-6-5-11(9-15-13)10(2)17/h5-9H,3-4H2,1-2H3. The minimum absolute atomic E-state index is 0.0310. The van der Waals surface area contributed by atoms with E-state index in [2.05, 4.69) is 16.9 Å². The van der Waals surface area contributed by atoms with E-state index in [1.54, 1.807) is 18.5 Å². The number of carbonyl (C=O) groups is 1. The van der Waals surface area contributed by atoms with Crippen molar-refractivity contribution in [2.24, 2.45) is 0 Å². The number of hydrogen-bond donors (Lipinski definition) is 0. The van der Waals surface area contributed by atoms with Crippen LogP contribution in [0.25, 0.3) is 5.82 Å². The fourth-order valence-electron chi connectivity index (χ4n) is 1.69. The van der Waals surface area contributed by atoms with Crippen molar-refractivity contribution >= 4 is 5.78 Å². The molecule has 0 aliphatic rings. The van der Waals surface area contributed by atoms with Gasteiger partial charge in [-0.25, -0.2) is 9.97 Å². The van der Waals surface area contributed by atoms with E-state index in [0.717, 1.165) is 24.5 Å². The molecule has 0 aromatic carbocycles. The number of rotatable bonds is 4. The van der Waals surface area contributed by atoms with Crippen LogP contribution in [0.1, 0.15) is 36.5 Å². The number of Topliss-reactive ketones (excluding diaryl/α,β-unsaturated/α-hetero) is 1. The molecular weight excluding hydrogens is 214 g/mol. The SMILES string of the molecule is CCCc1nccn1-c1ccc(C(C)=O)cn1. The van der Waals surface area contributed by atoms with Crippen LogP contribution in [-0.2, 0) is 6.42 Å². The van der Waals surface area contributed by atoms with Gasteiger partial charge in [-0.3, -0.25) is 9.36 Å². The van der Waals surface area contributed by atoms with Gasteiger partial charge >= 0.3 is 0 Å². The van der Waals surface area contributed by atoms with Gasteiger partial charge in [-0.15, -0.1) is 0 Å². The normalized spacial score (nSPS) is 10.5. The summed E-state index contributed by atoms with van der Waals surface area (Å²) in [7, 11) is 0. The Morgan fingerprint density at radius 2 is 2.18 bits per heavy atom. The number of imidazole rings is 1. The number of aryl methyl sites for hydroxylation is 1. The molecule has 88 valence electrons. The molecule has 0 bridgehead atoms. The van der Waals surface area contributed by atoms with E-state index >= 15 is 0 Å². The van der Waals surface area contributed by atoms with Crippen LogP contribution in [0, 0.1) is 0 Å². The summed E-state index contributed by atoms with van der Waals surface area (Å²) in [5.74, 6) is 1.83. The zero-order valence-electron chi connectivity index (χ0n) is 10.1. The van der Waals surface area contributed by atoms with Crippen molar-refractivity contribution in [3.63, 3.8) is 0 Å². The van der Waals surface area contributed by atoms with E-state index in [9.17, 15) is 4.79 Å². The van der Waals surface area contributed by atoms with Crippen LogP contribution in [0.3, 0.4) is 0 Å². The summed E-state index contributed by atoms with van der Waals surface area (Å²) >= 11 is 0. The van der Waals surface area contributed by atoms with Gasteiger partial charge in [0, 0.05) is 30.6 Å². The molecule has 0 aliphatic heterocycles. The van der Waals surface area contributed by atoms with Gasteiger partial charge in [0.15, 0.2) is 5.78 Å². The molecule has 2 aromatic rings. The number of hydrogen-bond acceptors (Lipinski definition) is 3. The molecule has 0 atom stereocenters. The van der Waals surface area contributed by atoms with Gasteiger partial charge in [0.2, 0.25) is 0 Å². The highest BCUT2D eigenvalue weighted by atomic mass is 16.1. The average Bonchev–Trinajstić information content (AvgIpc) is 2.78. The maximum absolute atomic E-state index is 11.2. The van der Waals surface area contributed by atoms with E-state index < -0.39 is 0 Å². The molecular formula is C13H15N3O. The third kappa shape index (κ3) is 2.41. The number of pyridine rings is 1. The zero-order chi connectivity index (χ0) is 12.3. The molecule has 2 heterocycles. The van der Waals surface area contributed by atoms with Crippen molar-refractivity contribution in [3.8, 4) is 5.82 Å². The topological polar surface area (TPSA) is 47.8 Å². The van der Waals surface area contributed by atoms with Crippen molar-refractivity contribution < 1.29 is 4.79 Å². The lowest BCUT2D eigenvalue weighted by molar-refractivity contribution is 0.101. The highest BCUT2D eigenvalue weighted by Crippen LogP contribution is 2.10. The minimum Gasteiger partial charge on any atom is -0.294 e. The summed E-state index contributed by atoms with van der Waals surface area (Å²) in [6.07, 6.45) is 7.23. The van der Waals surface area contributed by atoms with Gasteiger partial charge < -0.3 is 0 Å². The van der Waals surface area contributed by atoms with Crippen LogP contribution in [-0.4, -0.2) is 20.3 Å². The van der Waals surface area contributed by atoms with E-state index in [0.29, 0.717) is 5.56 Å². The largest absolute Gasteiger partial charge is 0.294 e. The maximum Gasteiger partial charge on any atom is 0.161 e. The second kappa shape index (κ2) is 4.91. The minimum atomic E-state index is 0.0310. The van der Waals surface area contributed by atoms with Gasteiger partial charge in [-0.1, -0.05) is 6.92 Å². The molecule has 0 radical (unpaired) electrons. The molecule has 2 rings (SSSR count). The Balaban J connectivity index is 2.33. The molecule has 0 spiro atoms. The summed E-state index contributed by atoms with van der Waals surface area (Å²) in [6, 6.07) is 3.64. The molecule has 0 unspecified atom stereocenters. The summed E-state index contributed by atoms with van der Waals surface area (Å²) in [5, 5.41) is 0. The molecule has 0 N–H and O–H groups in total. The van der Waals surface area contributed by atoms with Gasteiger partial charge in [-0.2, -0.15) is 0 Å². The molecule has 0 amide bonds. The van der Waals surface area contributed by atoms with E-state index in [1.165, 1.54) is 6.92 Å². The van der Waals surface area contributed by atoms with E-state index in [4.69, 9.17) is 0 Å². The summed E-state index contributed by atoms with van der Waals surface area (Å²) in [6.45, 7) is 3.65. The van der Waals surface area contributed by atoms with Gasteiger partial charge in [0.05, 0.1) is 0 Å². The van der Waals surface area contributed by atoms with Gasteiger partial charge in [-0.05, 0) is 25.5 Å². The number of nitrogens with zero attached hydrogens (tertiary/aromatic N) is 3. The molecule has 0 saturated carbocycles. The number of aromatic nitrogens is 3. The Morgan fingerprint density at radius 3 is 2.76 bits per heavy atom. The van der Waals surface area contributed by atoms with Crippen molar-refractivity contribution in [2.45, 2.75) is 26.7 Å². The smallest absolute Gasteiger partial charge is 0.161 e. The molecule has 0 aliphatic carbocycles. The van der Waals surface area contributed by atoms with Crippen LogP contribution in [0.5, 0.6) is 0 Å². The highest BCUT2D eigenvalue weighted by molar-refractivity contribution is 5.93. The zero-order valence-corrected chi connectivity index (χ0v) is 10.1. The Morgan fingerprint density at radius 1 is 1.35 bits per heavy atom. The third-order valence-corrected chi connectivity index (χ3v) is 2.59. The van der Waals surface area contributed by atoms with Crippen LogP contribution < -0.4 is 0 Å². The summed E-state index contributed by atoms with van der Waals surface area (Å²) < 4.78 is 1.95. The van der Waals surface area contributed by atoms with Crippen LogP contribution in [0.15, 0.2) is 30.7 Å². The third-order valence-electron chi connectivity index (χ3n) is 2.59. The summed E-state index contributed by atoms with van der Waals surface area (Å²) in [5.41, 5.74) is 0.630. The van der Waals surface area contributed by atoms with Crippen LogP contribution >= 0.6 is 0 Å². The summed E-state index contributed by atoms with van der Waals surface area (Å²) in [4.78, 5) is 19.7. The molecule has 4 nitrogen and oxygen atoms in total. The first-order valence-electron chi connectivity index (χ1n) is 5.72. The van der Waals surface area contributed by atoms with Crippen molar-refractivity contribution in [1.82, 2.24) is 14.5 Å². The predicted molar refractivity (Wildman–Crippen MR) is 65.4 cm³/mol. The predicted octanol–water partition coefficient (Wildman–Crippen LogP) is 2.42. The lowest BCUT2D eigenvalue weighted by atomic mass is 10.2. The Hall–Kier alpha value is -1.97. The molecule has 4 heteroatoms. The lowest BCUT2D eigenvalue weighted by Crippen LogP contribution is -2.03. The highest BCUT2D eigenvalue weighted by Gasteiger charge is 2.06. The number of carbonyl (C=O) groups excluding carboxylic acids is 1. The van der Waals surface area contributed by atoms with E-state index in [1.807, 2.05) is 16.8 Å². The molecule has 0 fully saturated rings. The van der Waals surface area contributed by atoms with E-state index in [-0.39, 0.29) is 5.78 Å². The quantitative estimate of drug-likeness (QED) is 0.756. The fraction of sp³-hybridized carbons (Fsp3) is 0.308. The second-order valence-corrected chi connectivity index (χ2v) is 3.92. The number of ketones is 1. The van der Waals surface area contributed by atoms with Crippen molar-refractivity contribution in [2.75, 3.05) is 0 Å². The Kier molecular flexibility index (Phi) is 3.32. The molecule has 0 saturated heterocycles. The van der Waals surface area contributed by atoms with Gasteiger partial charge in [0.25, 0.3) is 0 Å². The molecule has 2 aromatic heterocycles. The van der Waals surface area contributed by atoms with Crippen LogP contribution in [0.4, 0.5) is 0 Å². The Labute approximate surface area is 100 Å². The van der Waals surface area contributed by atoms with Crippen LogP contribution in [0.2, 0.25) is 0 Å². The first kappa shape index (κ1) is 11.5. The van der Waals surface area contributed by atoms with Crippen molar-refractivity contribution in [3.05, 3.63) is 42.1 Å². The second-order valence-electron chi connectivity index (χ2n) is 3.92. The monoisotopic (exact) mass is 229 g/mol. The Bertz CT molecular complexity index is 514. The molecule has 17 heavy (non-hydrogen) atoms. The lowest BCUT2D eigenvalue weighted by Gasteiger charge is -2.06. The van der Waals surface area contributed by atoms with Crippen molar-refractivity contribution in [1.29, 1.82) is 0 Å². The first-order chi connectivity index (χ1) is 8.22. The van der Waals surface area contributed by atoms with Gasteiger partial charge in [0.1, 0.15) is 11.6 Å². The fourth-order valence-corrected chi connectivity index (χ4v) is 1.69. The first-order valence-corrected chi connectivity index (χ1v) is 5.72.